The van der Waals surface area contributed by atoms with Crippen molar-refractivity contribution >= 4 is 17.8 Å². The van der Waals surface area contributed by atoms with Crippen molar-refractivity contribution in [3.63, 3.8) is 0 Å². The smallest absolute Gasteiger partial charge is 0.337 e. The summed E-state index contributed by atoms with van der Waals surface area (Å²) in [6.45, 7) is 4.71. The highest BCUT2D eigenvalue weighted by Crippen LogP contribution is 2.40. The Morgan fingerprint density at radius 3 is 2.73 bits per heavy atom. The number of likely N-dealkylation sites (tertiary alicyclic amines) is 1. The Hall–Kier alpha value is -3.12. The van der Waals surface area contributed by atoms with Crippen LogP contribution in [-0.2, 0) is 11.3 Å². The van der Waals surface area contributed by atoms with Gasteiger partial charge in [0.05, 0.1) is 23.8 Å². The lowest BCUT2D eigenvalue weighted by Gasteiger charge is -2.31. The van der Waals surface area contributed by atoms with Crippen molar-refractivity contribution in [2.45, 2.75) is 26.3 Å². The zero-order valence-electron chi connectivity index (χ0n) is 17.2. The first-order valence-corrected chi connectivity index (χ1v) is 10.2. The van der Waals surface area contributed by atoms with Crippen LogP contribution in [0.25, 0.3) is 6.08 Å². The first-order valence-electron chi connectivity index (χ1n) is 10.2. The molecule has 0 aliphatic carbocycles. The summed E-state index contributed by atoms with van der Waals surface area (Å²) in [6.07, 6.45) is 3.99. The normalized spacial score (nSPS) is 20.1. The predicted octanol–water partition coefficient (Wildman–Crippen LogP) is 4.03. The number of phenols is 1. The van der Waals surface area contributed by atoms with Crippen LogP contribution < -0.4 is 4.74 Å². The van der Waals surface area contributed by atoms with Gasteiger partial charge in [0.25, 0.3) is 0 Å². The Kier molecular flexibility index (Phi) is 5.59. The van der Waals surface area contributed by atoms with Crippen LogP contribution in [0.1, 0.15) is 51.6 Å². The second-order valence-corrected chi connectivity index (χ2v) is 7.98. The third-order valence-electron chi connectivity index (χ3n) is 5.67. The molecule has 2 aliphatic heterocycles. The highest BCUT2D eigenvalue weighted by Gasteiger charge is 2.32. The first-order chi connectivity index (χ1) is 14.5. The number of esters is 1. The fraction of sp³-hybridized carbons (Fsp3) is 0.333. The van der Waals surface area contributed by atoms with E-state index in [4.69, 9.17) is 9.47 Å². The monoisotopic (exact) mass is 407 g/mol. The van der Waals surface area contributed by atoms with Crippen molar-refractivity contribution < 1.29 is 24.2 Å². The van der Waals surface area contributed by atoms with E-state index < -0.39 is 5.97 Å². The molecule has 2 aromatic carbocycles. The van der Waals surface area contributed by atoms with Crippen LogP contribution in [0.3, 0.4) is 0 Å². The van der Waals surface area contributed by atoms with Gasteiger partial charge in [0.1, 0.15) is 11.5 Å². The molecule has 0 spiro atoms. The van der Waals surface area contributed by atoms with Crippen molar-refractivity contribution in [2.75, 3.05) is 20.2 Å². The molecule has 4 rings (SSSR count). The largest absolute Gasteiger partial charge is 0.507 e. The number of allylic oxidation sites excluding steroid dienone is 1. The topological polar surface area (TPSA) is 76.1 Å². The molecule has 2 aliphatic rings. The molecule has 2 heterocycles. The third-order valence-corrected chi connectivity index (χ3v) is 5.67. The second kappa shape index (κ2) is 8.32. The molecule has 1 fully saturated rings. The number of hydrogen-bond donors (Lipinski definition) is 1. The number of phenolic OH excluding ortho intramolecular Hbond substituents is 1. The van der Waals surface area contributed by atoms with Crippen molar-refractivity contribution in [3.8, 4) is 11.5 Å². The van der Waals surface area contributed by atoms with Crippen LogP contribution in [0.4, 0.5) is 0 Å². The van der Waals surface area contributed by atoms with Gasteiger partial charge >= 0.3 is 5.97 Å². The van der Waals surface area contributed by atoms with Gasteiger partial charge in [0, 0.05) is 13.1 Å². The summed E-state index contributed by atoms with van der Waals surface area (Å²) in [7, 11) is 1.33. The Bertz CT molecular complexity index is 1010. The molecule has 30 heavy (non-hydrogen) atoms. The van der Waals surface area contributed by atoms with E-state index in [0.29, 0.717) is 34.9 Å². The summed E-state index contributed by atoms with van der Waals surface area (Å²) in [6, 6.07) is 9.91. The molecule has 6 heteroatoms. The summed E-state index contributed by atoms with van der Waals surface area (Å²) in [5, 5.41) is 10.5. The van der Waals surface area contributed by atoms with E-state index in [9.17, 15) is 14.7 Å². The van der Waals surface area contributed by atoms with Gasteiger partial charge in [-0.2, -0.15) is 0 Å². The number of ketones is 1. The molecule has 1 atom stereocenters. The number of nitrogens with zero attached hydrogens (tertiary/aromatic N) is 1. The molecular formula is C24H25NO5. The van der Waals surface area contributed by atoms with E-state index in [0.717, 1.165) is 25.1 Å². The Labute approximate surface area is 175 Å². The molecule has 0 bridgehead atoms. The van der Waals surface area contributed by atoms with Gasteiger partial charge in [-0.1, -0.05) is 19.1 Å². The molecule has 0 aromatic heterocycles. The second-order valence-electron chi connectivity index (χ2n) is 7.98. The number of aromatic hydroxyl groups is 1. The lowest BCUT2D eigenvalue weighted by atomic mass is 9.99. The minimum Gasteiger partial charge on any atom is -0.507 e. The maximum absolute atomic E-state index is 12.9. The number of methoxy groups -OCH3 is 1. The van der Waals surface area contributed by atoms with Crippen molar-refractivity contribution in [1.82, 2.24) is 4.90 Å². The number of carbonyl (C=O) groups is 2. The van der Waals surface area contributed by atoms with E-state index in [1.807, 2.05) is 0 Å². The van der Waals surface area contributed by atoms with Crippen molar-refractivity contribution in [2.24, 2.45) is 5.92 Å². The first kappa shape index (κ1) is 20.2. The third kappa shape index (κ3) is 3.96. The van der Waals surface area contributed by atoms with Crippen LogP contribution in [0.5, 0.6) is 11.5 Å². The van der Waals surface area contributed by atoms with Crippen molar-refractivity contribution in [3.05, 3.63) is 64.4 Å². The Morgan fingerprint density at radius 2 is 2.03 bits per heavy atom. The fourth-order valence-corrected chi connectivity index (χ4v) is 4.09. The van der Waals surface area contributed by atoms with E-state index in [2.05, 4.69) is 11.8 Å². The number of hydrogen-bond acceptors (Lipinski definition) is 6. The average Bonchev–Trinajstić information content (AvgIpc) is 3.06. The van der Waals surface area contributed by atoms with E-state index in [1.54, 1.807) is 42.5 Å². The van der Waals surface area contributed by atoms with Crippen LogP contribution in [0.15, 0.2) is 42.2 Å². The highest BCUT2D eigenvalue weighted by molar-refractivity contribution is 6.15. The molecular weight excluding hydrogens is 382 g/mol. The van der Waals surface area contributed by atoms with Gasteiger partial charge < -0.3 is 14.6 Å². The summed E-state index contributed by atoms with van der Waals surface area (Å²) < 4.78 is 10.6. The average molecular weight is 407 g/mol. The number of rotatable bonds is 4. The van der Waals surface area contributed by atoms with Gasteiger partial charge in [-0.25, -0.2) is 4.79 Å². The Morgan fingerprint density at radius 1 is 1.27 bits per heavy atom. The van der Waals surface area contributed by atoms with E-state index in [1.165, 1.54) is 13.5 Å². The molecule has 0 amide bonds. The molecule has 0 saturated carbocycles. The number of benzene rings is 2. The molecule has 6 nitrogen and oxygen atoms in total. The number of piperidine rings is 1. The van der Waals surface area contributed by atoms with Gasteiger partial charge in [0.2, 0.25) is 5.78 Å². The highest BCUT2D eigenvalue weighted by atomic mass is 16.5. The molecule has 156 valence electrons. The summed E-state index contributed by atoms with van der Waals surface area (Å²) >= 11 is 0. The van der Waals surface area contributed by atoms with Gasteiger partial charge in [-0.15, -0.1) is 0 Å². The maximum atomic E-state index is 12.9. The minimum absolute atomic E-state index is 0.142. The number of carbonyl (C=O) groups excluding carboxylic acids is 2. The van der Waals surface area contributed by atoms with Gasteiger partial charge in [0.15, 0.2) is 5.76 Å². The number of fused-ring (bicyclic) bond motifs is 1. The lowest BCUT2D eigenvalue weighted by Crippen LogP contribution is -2.33. The van der Waals surface area contributed by atoms with E-state index >= 15 is 0 Å². The lowest BCUT2D eigenvalue weighted by molar-refractivity contribution is 0.0600. The minimum atomic E-state index is -0.415. The fourth-order valence-electron chi connectivity index (χ4n) is 4.09. The van der Waals surface area contributed by atoms with E-state index in [-0.39, 0.29) is 17.3 Å². The molecule has 1 saturated heterocycles. The van der Waals surface area contributed by atoms with Crippen LogP contribution in [0.2, 0.25) is 0 Å². The van der Waals surface area contributed by atoms with Crippen molar-refractivity contribution in [1.29, 1.82) is 0 Å². The molecule has 0 unspecified atom stereocenters. The zero-order chi connectivity index (χ0) is 21.3. The van der Waals surface area contributed by atoms with Gasteiger partial charge in [-0.3, -0.25) is 9.69 Å². The number of ether oxygens (including phenoxy) is 2. The Balaban J connectivity index is 1.59. The standard InChI is InChI=1S/C24H25NO5/c1-15-4-3-11-25(13-15)14-19-20(26)10-9-18-22(27)21(30-23(18)19)12-16-5-7-17(8-6-16)24(28)29-2/h5-10,12,15,26H,3-4,11,13-14H2,1-2H3/t15-/m0/s1. The van der Waals surface area contributed by atoms with Crippen LogP contribution in [0, 0.1) is 5.92 Å². The predicted molar refractivity (Wildman–Crippen MR) is 112 cm³/mol. The van der Waals surface area contributed by atoms with Crippen LogP contribution in [-0.4, -0.2) is 42.0 Å². The van der Waals surface area contributed by atoms with Crippen LogP contribution >= 0.6 is 0 Å². The summed E-state index contributed by atoms with van der Waals surface area (Å²) in [5.41, 5.74) is 2.28. The molecule has 0 radical (unpaired) electrons. The maximum Gasteiger partial charge on any atom is 0.337 e. The quantitative estimate of drug-likeness (QED) is 0.609. The summed E-state index contributed by atoms with van der Waals surface area (Å²) in [5.74, 6) is 0.773. The SMILES string of the molecule is COC(=O)c1ccc(C=C2Oc3c(ccc(O)c3CN3CCC[C@H](C)C3)C2=O)cc1. The van der Waals surface area contributed by atoms with Gasteiger partial charge in [-0.05, 0) is 61.2 Å². The number of Topliss-reactive ketones (excluding diaryl/α,β-unsaturated/α-hetero) is 1. The summed E-state index contributed by atoms with van der Waals surface area (Å²) in [4.78, 5) is 26.7. The molecule has 2 aromatic rings. The zero-order valence-corrected chi connectivity index (χ0v) is 17.2. The molecule has 1 N–H and O–H groups in total.